The highest BCUT2D eigenvalue weighted by molar-refractivity contribution is 6.32. The van der Waals surface area contributed by atoms with Crippen LogP contribution >= 0.6 is 11.6 Å². The van der Waals surface area contributed by atoms with Crippen molar-refractivity contribution in [2.45, 2.75) is 19.2 Å². The van der Waals surface area contributed by atoms with Gasteiger partial charge in [0.25, 0.3) is 0 Å². The minimum Gasteiger partial charge on any atom is -0.382 e. The summed E-state index contributed by atoms with van der Waals surface area (Å²) in [5.74, 6) is 0.0612. The zero-order valence-corrected chi connectivity index (χ0v) is 16.6. The van der Waals surface area contributed by atoms with Crippen LogP contribution in [0.25, 0.3) is 0 Å². The van der Waals surface area contributed by atoms with E-state index in [-0.39, 0.29) is 11.3 Å². The fourth-order valence-corrected chi connectivity index (χ4v) is 2.82. The van der Waals surface area contributed by atoms with E-state index in [1.807, 2.05) is 18.7 Å². The minimum atomic E-state index is -0.408. The highest BCUT2D eigenvalue weighted by Crippen LogP contribution is 2.34. The highest BCUT2D eigenvalue weighted by atomic mass is 35.5. The summed E-state index contributed by atoms with van der Waals surface area (Å²) in [6, 6.07) is 0. The lowest BCUT2D eigenvalue weighted by molar-refractivity contribution is -0.890. The van der Waals surface area contributed by atoms with Crippen molar-refractivity contribution in [3.63, 3.8) is 0 Å². The molecule has 7 heteroatoms. The van der Waals surface area contributed by atoms with Gasteiger partial charge in [0.05, 0.1) is 60.2 Å². The van der Waals surface area contributed by atoms with Gasteiger partial charge in [0, 0.05) is 19.1 Å². The first-order valence-electron chi connectivity index (χ1n) is 8.59. The third kappa shape index (κ3) is 7.23. The molecular formula is C17H34ClN2O4+. The van der Waals surface area contributed by atoms with Crippen LogP contribution in [-0.4, -0.2) is 101 Å². The summed E-state index contributed by atoms with van der Waals surface area (Å²) in [5, 5.41) is -0.408. The summed E-state index contributed by atoms with van der Waals surface area (Å²) in [5.41, 5.74) is -0.151. The van der Waals surface area contributed by atoms with Crippen molar-refractivity contribution in [1.29, 1.82) is 0 Å². The summed E-state index contributed by atoms with van der Waals surface area (Å²) in [6.07, 6.45) is 0. The first-order chi connectivity index (χ1) is 11.2. The quantitative estimate of drug-likeness (QED) is 0.296. The number of ether oxygens (including phenoxy) is 3. The monoisotopic (exact) mass is 365 g/mol. The van der Waals surface area contributed by atoms with E-state index >= 15 is 0 Å². The summed E-state index contributed by atoms with van der Waals surface area (Å²) in [7, 11) is 5.97. The van der Waals surface area contributed by atoms with Crippen LogP contribution < -0.4 is 0 Å². The van der Waals surface area contributed by atoms with Crippen LogP contribution in [0.15, 0.2) is 0 Å². The average Bonchev–Trinajstić information content (AvgIpc) is 2.71. The Morgan fingerprint density at radius 3 is 2.25 bits per heavy atom. The lowest BCUT2D eigenvalue weighted by atomic mass is 9.92. The normalized spacial score (nSPS) is 20.8. The van der Waals surface area contributed by atoms with Crippen molar-refractivity contribution in [3.05, 3.63) is 0 Å². The Hall–Kier alpha value is -0.400. The van der Waals surface area contributed by atoms with Crippen LogP contribution in [0, 0.1) is 5.41 Å². The van der Waals surface area contributed by atoms with Gasteiger partial charge in [-0.05, 0) is 0 Å². The van der Waals surface area contributed by atoms with E-state index in [0.717, 1.165) is 30.7 Å². The van der Waals surface area contributed by atoms with E-state index in [1.54, 1.807) is 7.11 Å². The number of nitrogens with zero attached hydrogens (tertiary/aromatic N) is 2. The second kappa shape index (κ2) is 9.92. The van der Waals surface area contributed by atoms with Gasteiger partial charge in [0.2, 0.25) is 5.91 Å². The Labute approximate surface area is 151 Å². The summed E-state index contributed by atoms with van der Waals surface area (Å²) < 4.78 is 16.7. The second-order valence-electron chi connectivity index (χ2n) is 7.71. The van der Waals surface area contributed by atoms with E-state index in [4.69, 9.17) is 25.8 Å². The molecule has 0 saturated carbocycles. The smallest absolute Gasteiger partial charge is 0.241 e. The summed E-state index contributed by atoms with van der Waals surface area (Å²) in [6.45, 7) is 10.4. The molecule has 0 aromatic rings. The SMILES string of the molecule is COCCOCCOCC[N+](C)(C)CCN1CC(C)(C)C(Cl)C1=O. The van der Waals surface area contributed by atoms with Crippen molar-refractivity contribution in [1.82, 2.24) is 4.90 Å². The van der Waals surface area contributed by atoms with Crippen molar-refractivity contribution in [2.75, 3.05) is 80.4 Å². The molecule has 0 radical (unpaired) electrons. The van der Waals surface area contributed by atoms with Crippen molar-refractivity contribution < 1.29 is 23.5 Å². The van der Waals surface area contributed by atoms with Gasteiger partial charge >= 0.3 is 0 Å². The maximum Gasteiger partial charge on any atom is 0.241 e. The van der Waals surface area contributed by atoms with Crippen molar-refractivity contribution in [2.24, 2.45) is 5.41 Å². The van der Waals surface area contributed by atoms with Crippen LogP contribution in [0.5, 0.6) is 0 Å². The molecule has 1 heterocycles. The second-order valence-corrected chi connectivity index (χ2v) is 8.15. The molecule has 0 aromatic heterocycles. The van der Waals surface area contributed by atoms with E-state index in [0.29, 0.717) is 33.0 Å². The molecule has 0 aromatic carbocycles. The maximum atomic E-state index is 12.2. The predicted octanol–water partition coefficient (Wildman–Crippen LogP) is 1.22. The molecule has 1 saturated heterocycles. The lowest BCUT2D eigenvalue weighted by Gasteiger charge is -2.31. The minimum absolute atomic E-state index is 0.0612. The molecule has 1 unspecified atom stereocenters. The van der Waals surface area contributed by atoms with Crippen LogP contribution in [0.1, 0.15) is 13.8 Å². The molecule has 0 aliphatic carbocycles. The molecule has 142 valence electrons. The molecule has 0 spiro atoms. The highest BCUT2D eigenvalue weighted by Gasteiger charge is 2.45. The van der Waals surface area contributed by atoms with Crippen molar-refractivity contribution >= 4 is 17.5 Å². The first-order valence-corrected chi connectivity index (χ1v) is 9.02. The summed E-state index contributed by atoms with van der Waals surface area (Å²) in [4.78, 5) is 14.1. The number of carbonyl (C=O) groups excluding carboxylic acids is 1. The number of methoxy groups -OCH3 is 1. The standard InChI is InChI=1S/C17H34ClN2O4/c1-17(2)14-19(16(21)15(17)18)6-7-20(3,4)8-9-23-12-13-24-11-10-22-5/h15H,6-14H2,1-5H3/q+1. The molecule has 1 atom stereocenters. The Kier molecular flexibility index (Phi) is 8.95. The van der Waals surface area contributed by atoms with Gasteiger partial charge in [0.1, 0.15) is 11.9 Å². The Bertz CT molecular complexity index is 391. The lowest BCUT2D eigenvalue weighted by Crippen LogP contribution is -2.48. The zero-order chi connectivity index (χ0) is 18.2. The van der Waals surface area contributed by atoms with Gasteiger partial charge in [-0.25, -0.2) is 0 Å². The number of likely N-dealkylation sites (tertiary alicyclic amines) is 1. The van der Waals surface area contributed by atoms with Crippen LogP contribution in [0.3, 0.4) is 0 Å². The van der Waals surface area contributed by atoms with Gasteiger partial charge in [0.15, 0.2) is 0 Å². The first kappa shape index (κ1) is 21.6. The third-order valence-electron chi connectivity index (χ3n) is 4.43. The molecular weight excluding hydrogens is 332 g/mol. The molecule has 1 aliphatic rings. The topological polar surface area (TPSA) is 48.0 Å². The van der Waals surface area contributed by atoms with E-state index in [2.05, 4.69) is 14.1 Å². The van der Waals surface area contributed by atoms with Crippen LogP contribution in [0.4, 0.5) is 0 Å². The number of quaternary nitrogens is 1. The van der Waals surface area contributed by atoms with Crippen LogP contribution in [-0.2, 0) is 19.0 Å². The number of halogens is 1. The Morgan fingerprint density at radius 1 is 1.12 bits per heavy atom. The van der Waals surface area contributed by atoms with E-state index < -0.39 is 5.38 Å². The molecule has 1 amide bonds. The largest absolute Gasteiger partial charge is 0.382 e. The zero-order valence-electron chi connectivity index (χ0n) is 15.8. The molecule has 24 heavy (non-hydrogen) atoms. The number of rotatable bonds is 12. The number of likely N-dealkylation sites (N-methyl/N-ethyl adjacent to an activating group) is 1. The number of hydrogen-bond donors (Lipinski definition) is 0. The number of carbonyl (C=O) groups is 1. The van der Waals surface area contributed by atoms with Gasteiger partial charge < -0.3 is 23.6 Å². The number of alkyl halides is 1. The summed E-state index contributed by atoms with van der Waals surface area (Å²) >= 11 is 6.23. The van der Waals surface area contributed by atoms with Crippen LogP contribution in [0.2, 0.25) is 0 Å². The molecule has 1 fully saturated rings. The predicted molar refractivity (Wildman–Crippen MR) is 95.4 cm³/mol. The molecule has 6 nitrogen and oxygen atoms in total. The van der Waals surface area contributed by atoms with Crippen molar-refractivity contribution in [3.8, 4) is 0 Å². The van der Waals surface area contributed by atoms with E-state index in [1.165, 1.54) is 0 Å². The molecule has 1 aliphatic heterocycles. The fourth-order valence-electron chi connectivity index (χ4n) is 2.61. The molecule has 0 bridgehead atoms. The van der Waals surface area contributed by atoms with Gasteiger partial charge in [-0.1, -0.05) is 13.8 Å². The third-order valence-corrected chi connectivity index (χ3v) is 5.21. The van der Waals surface area contributed by atoms with Gasteiger partial charge in [-0.2, -0.15) is 0 Å². The fraction of sp³-hybridized carbons (Fsp3) is 0.941. The molecule has 1 rings (SSSR count). The average molecular weight is 366 g/mol. The Morgan fingerprint density at radius 2 is 1.71 bits per heavy atom. The molecule has 0 N–H and O–H groups in total. The Balaban J connectivity index is 2.17. The maximum absolute atomic E-state index is 12.2. The number of hydrogen-bond acceptors (Lipinski definition) is 4. The number of amides is 1. The van der Waals surface area contributed by atoms with Gasteiger partial charge in [-0.15, -0.1) is 11.6 Å². The van der Waals surface area contributed by atoms with Gasteiger partial charge in [-0.3, -0.25) is 4.79 Å². The van der Waals surface area contributed by atoms with E-state index in [9.17, 15) is 4.79 Å².